The second-order valence-electron chi connectivity index (χ2n) is 5.23. The summed E-state index contributed by atoms with van der Waals surface area (Å²) in [5.74, 6) is -0.0494. The quantitative estimate of drug-likeness (QED) is 0.937. The molecular formula is C16H17N3O2. The van der Waals surface area contributed by atoms with Crippen LogP contribution >= 0.6 is 0 Å². The van der Waals surface area contributed by atoms with Crippen molar-refractivity contribution >= 4 is 11.8 Å². The van der Waals surface area contributed by atoms with E-state index in [9.17, 15) is 4.79 Å². The number of carboxylic acid groups (broad SMARTS) is 1. The van der Waals surface area contributed by atoms with E-state index in [1.807, 2.05) is 36.4 Å². The summed E-state index contributed by atoms with van der Waals surface area (Å²) in [6, 6.07) is 11.9. The summed E-state index contributed by atoms with van der Waals surface area (Å²) in [5, 5.41) is 9.04. The standard InChI is InChI=1S/C16H17N3O2/c20-16(21)13-6-8-19(9-7-13)15-10-14(17-11-18-15)12-4-2-1-3-5-12/h1-5,10-11,13H,6-9H2,(H,20,21). The monoisotopic (exact) mass is 283 g/mol. The fourth-order valence-corrected chi connectivity index (χ4v) is 2.64. The molecule has 0 spiro atoms. The minimum absolute atomic E-state index is 0.225. The fraction of sp³-hybridized carbons (Fsp3) is 0.312. The van der Waals surface area contributed by atoms with E-state index in [4.69, 9.17) is 5.11 Å². The van der Waals surface area contributed by atoms with Gasteiger partial charge in [0.25, 0.3) is 0 Å². The summed E-state index contributed by atoms with van der Waals surface area (Å²) in [5.41, 5.74) is 1.95. The number of carboxylic acids is 1. The molecule has 1 saturated heterocycles. The van der Waals surface area contributed by atoms with Gasteiger partial charge in [-0.2, -0.15) is 0 Å². The van der Waals surface area contributed by atoms with Crippen LogP contribution in [0.5, 0.6) is 0 Å². The molecule has 1 aliphatic rings. The Labute approximate surface area is 123 Å². The van der Waals surface area contributed by atoms with Crippen LogP contribution in [0.15, 0.2) is 42.7 Å². The molecule has 5 heteroatoms. The maximum atomic E-state index is 11.0. The Morgan fingerprint density at radius 2 is 1.86 bits per heavy atom. The minimum Gasteiger partial charge on any atom is -0.481 e. The topological polar surface area (TPSA) is 66.3 Å². The number of piperidine rings is 1. The van der Waals surface area contributed by atoms with Gasteiger partial charge >= 0.3 is 5.97 Å². The van der Waals surface area contributed by atoms with E-state index in [0.29, 0.717) is 12.8 Å². The van der Waals surface area contributed by atoms with Gasteiger partial charge in [-0.25, -0.2) is 9.97 Å². The zero-order valence-corrected chi connectivity index (χ0v) is 11.6. The summed E-state index contributed by atoms with van der Waals surface area (Å²) in [4.78, 5) is 21.8. The van der Waals surface area contributed by atoms with Crippen LogP contribution in [0, 0.1) is 5.92 Å². The predicted octanol–water partition coefficient (Wildman–Crippen LogP) is 2.44. The van der Waals surface area contributed by atoms with Crippen molar-refractivity contribution in [3.05, 3.63) is 42.7 Å². The first-order valence-electron chi connectivity index (χ1n) is 7.09. The Morgan fingerprint density at radius 1 is 1.14 bits per heavy atom. The highest BCUT2D eigenvalue weighted by atomic mass is 16.4. The van der Waals surface area contributed by atoms with Gasteiger partial charge in [0.05, 0.1) is 11.6 Å². The molecule has 1 fully saturated rings. The molecular weight excluding hydrogens is 266 g/mol. The molecule has 1 aromatic heterocycles. The zero-order chi connectivity index (χ0) is 14.7. The lowest BCUT2D eigenvalue weighted by atomic mass is 9.97. The molecule has 0 radical (unpaired) electrons. The van der Waals surface area contributed by atoms with Gasteiger partial charge in [0, 0.05) is 24.7 Å². The molecule has 5 nitrogen and oxygen atoms in total. The van der Waals surface area contributed by atoms with Crippen molar-refractivity contribution in [1.29, 1.82) is 0 Å². The van der Waals surface area contributed by atoms with Crippen molar-refractivity contribution < 1.29 is 9.90 Å². The highest BCUT2D eigenvalue weighted by molar-refractivity contribution is 5.70. The van der Waals surface area contributed by atoms with Crippen LogP contribution in [0.1, 0.15) is 12.8 Å². The summed E-state index contributed by atoms with van der Waals surface area (Å²) in [7, 11) is 0. The van der Waals surface area contributed by atoms with Crippen LogP contribution in [0.2, 0.25) is 0 Å². The average Bonchev–Trinajstić information content (AvgIpc) is 2.56. The second-order valence-corrected chi connectivity index (χ2v) is 5.23. The van der Waals surface area contributed by atoms with Crippen molar-refractivity contribution in [2.24, 2.45) is 5.92 Å². The first-order valence-corrected chi connectivity index (χ1v) is 7.09. The van der Waals surface area contributed by atoms with Crippen LogP contribution in [0.4, 0.5) is 5.82 Å². The van der Waals surface area contributed by atoms with Gasteiger partial charge in [0.15, 0.2) is 0 Å². The van der Waals surface area contributed by atoms with Crippen molar-refractivity contribution in [2.45, 2.75) is 12.8 Å². The molecule has 0 aliphatic carbocycles. The van der Waals surface area contributed by atoms with Gasteiger partial charge in [-0.05, 0) is 12.8 Å². The molecule has 1 aliphatic heterocycles. The van der Waals surface area contributed by atoms with Gasteiger partial charge in [-0.1, -0.05) is 30.3 Å². The van der Waals surface area contributed by atoms with Crippen LogP contribution < -0.4 is 4.90 Å². The second kappa shape index (κ2) is 5.91. The molecule has 1 N–H and O–H groups in total. The molecule has 0 atom stereocenters. The molecule has 2 aromatic rings. The largest absolute Gasteiger partial charge is 0.481 e. The molecule has 0 amide bonds. The van der Waals surface area contributed by atoms with Crippen molar-refractivity contribution in [1.82, 2.24) is 9.97 Å². The Kier molecular flexibility index (Phi) is 3.81. The summed E-state index contributed by atoms with van der Waals surface area (Å²) in [6.07, 6.45) is 2.90. The summed E-state index contributed by atoms with van der Waals surface area (Å²) in [6.45, 7) is 1.45. The number of rotatable bonds is 3. The van der Waals surface area contributed by atoms with Gasteiger partial charge in [-0.3, -0.25) is 4.79 Å². The van der Waals surface area contributed by atoms with E-state index in [1.165, 1.54) is 0 Å². The molecule has 0 bridgehead atoms. The molecule has 0 unspecified atom stereocenters. The van der Waals surface area contributed by atoms with E-state index >= 15 is 0 Å². The van der Waals surface area contributed by atoms with Crippen molar-refractivity contribution in [3.63, 3.8) is 0 Å². The van der Waals surface area contributed by atoms with Crippen LogP contribution in [-0.4, -0.2) is 34.1 Å². The minimum atomic E-state index is -0.692. The third kappa shape index (κ3) is 3.02. The van der Waals surface area contributed by atoms with E-state index in [-0.39, 0.29) is 5.92 Å². The number of aliphatic carboxylic acids is 1. The lowest BCUT2D eigenvalue weighted by Crippen LogP contribution is -2.36. The van der Waals surface area contributed by atoms with Crippen molar-refractivity contribution in [2.75, 3.05) is 18.0 Å². The average molecular weight is 283 g/mol. The number of anilines is 1. The number of benzene rings is 1. The van der Waals surface area contributed by atoms with Crippen LogP contribution in [-0.2, 0) is 4.79 Å². The molecule has 0 saturated carbocycles. The van der Waals surface area contributed by atoms with Crippen LogP contribution in [0.3, 0.4) is 0 Å². The third-order valence-electron chi connectivity index (χ3n) is 3.89. The summed E-state index contributed by atoms with van der Waals surface area (Å²) < 4.78 is 0. The summed E-state index contributed by atoms with van der Waals surface area (Å²) >= 11 is 0. The maximum Gasteiger partial charge on any atom is 0.306 e. The fourth-order valence-electron chi connectivity index (χ4n) is 2.64. The number of nitrogens with zero attached hydrogens (tertiary/aromatic N) is 3. The zero-order valence-electron chi connectivity index (χ0n) is 11.6. The Hall–Kier alpha value is -2.43. The SMILES string of the molecule is O=C(O)C1CCN(c2cc(-c3ccccc3)ncn2)CC1. The highest BCUT2D eigenvalue weighted by Gasteiger charge is 2.25. The lowest BCUT2D eigenvalue weighted by Gasteiger charge is -2.31. The smallest absolute Gasteiger partial charge is 0.306 e. The molecule has 1 aromatic carbocycles. The van der Waals surface area contributed by atoms with E-state index in [0.717, 1.165) is 30.2 Å². The number of hydrogen-bond donors (Lipinski definition) is 1. The molecule has 3 rings (SSSR count). The number of aromatic nitrogens is 2. The molecule has 21 heavy (non-hydrogen) atoms. The van der Waals surface area contributed by atoms with E-state index in [1.54, 1.807) is 6.33 Å². The first-order chi connectivity index (χ1) is 10.2. The Bertz CT molecular complexity index is 622. The molecule has 2 heterocycles. The van der Waals surface area contributed by atoms with Gasteiger partial charge in [0.1, 0.15) is 12.1 Å². The Balaban J connectivity index is 1.77. The van der Waals surface area contributed by atoms with E-state index < -0.39 is 5.97 Å². The number of carbonyl (C=O) groups is 1. The van der Waals surface area contributed by atoms with Gasteiger partial charge in [-0.15, -0.1) is 0 Å². The Morgan fingerprint density at radius 3 is 2.52 bits per heavy atom. The van der Waals surface area contributed by atoms with E-state index in [2.05, 4.69) is 14.9 Å². The van der Waals surface area contributed by atoms with Gasteiger partial charge < -0.3 is 10.0 Å². The predicted molar refractivity (Wildman–Crippen MR) is 80.0 cm³/mol. The molecule has 108 valence electrons. The van der Waals surface area contributed by atoms with Gasteiger partial charge in [0.2, 0.25) is 0 Å². The highest BCUT2D eigenvalue weighted by Crippen LogP contribution is 2.24. The normalized spacial score (nSPS) is 15.9. The lowest BCUT2D eigenvalue weighted by molar-refractivity contribution is -0.142. The first kappa shape index (κ1) is 13.5. The third-order valence-corrected chi connectivity index (χ3v) is 3.89. The van der Waals surface area contributed by atoms with Crippen molar-refractivity contribution in [3.8, 4) is 11.3 Å². The maximum absolute atomic E-state index is 11.0. The number of hydrogen-bond acceptors (Lipinski definition) is 4. The van der Waals surface area contributed by atoms with Crippen LogP contribution in [0.25, 0.3) is 11.3 Å².